The van der Waals surface area contributed by atoms with Crippen LogP contribution in [0.1, 0.15) is 34.1 Å². The molecule has 0 bridgehead atoms. The number of likely N-dealkylation sites (tertiary alicyclic amines) is 1. The number of alkyl carbamates (subject to hydrolysis) is 1. The van der Waals surface area contributed by atoms with E-state index in [2.05, 4.69) is 31.0 Å². The van der Waals surface area contributed by atoms with Crippen LogP contribution in [0.5, 0.6) is 0 Å². The quantitative estimate of drug-likeness (QED) is 0.801. The molecule has 0 aromatic rings. The van der Waals surface area contributed by atoms with E-state index in [1.54, 1.807) is 0 Å². The van der Waals surface area contributed by atoms with Crippen LogP contribution < -0.4 is 5.32 Å². The molecule has 4 nitrogen and oxygen atoms in total. The second-order valence-corrected chi connectivity index (χ2v) is 4.95. The summed E-state index contributed by atoms with van der Waals surface area (Å²) in [6.45, 7) is 10.9. The molecule has 16 heavy (non-hydrogen) atoms. The van der Waals surface area contributed by atoms with Crippen molar-refractivity contribution in [3.05, 3.63) is 0 Å². The van der Waals surface area contributed by atoms with Crippen LogP contribution in [-0.4, -0.2) is 42.8 Å². The molecule has 1 saturated heterocycles. The Morgan fingerprint density at radius 2 is 2.19 bits per heavy atom. The van der Waals surface area contributed by atoms with Crippen LogP contribution in [0.2, 0.25) is 0 Å². The molecule has 1 amide bonds. The van der Waals surface area contributed by atoms with Crippen molar-refractivity contribution in [2.45, 2.75) is 46.2 Å². The van der Waals surface area contributed by atoms with Gasteiger partial charge in [0.1, 0.15) is 0 Å². The van der Waals surface area contributed by atoms with Crippen molar-refractivity contribution in [2.75, 3.05) is 19.7 Å². The van der Waals surface area contributed by atoms with Gasteiger partial charge in [0.25, 0.3) is 0 Å². The predicted molar refractivity (Wildman–Crippen MR) is 64.4 cm³/mol. The van der Waals surface area contributed by atoms with Crippen LogP contribution in [0.25, 0.3) is 0 Å². The molecule has 1 N–H and O–H groups in total. The van der Waals surface area contributed by atoms with Crippen molar-refractivity contribution in [1.82, 2.24) is 10.2 Å². The second kappa shape index (κ2) is 6.09. The third-order valence-electron chi connectivity index (χ3n) is 3.02. The van der Waals surface area contributed by atoms with Gasteiger partial charge in [0.05, 0.1) is 6.61 Å². The van der Waals surface area contributed by atoms with E-state index in [1.807, 2.05) is 6.92 Å². The van der Waals surface area contributed by atoms with E-state index in [0.29, 0.717) is 18.6 Å². The Balaban J connectivity index is 2.44. The topological polar surface area (TPSA) is 41.6 Å². The molecule has 94 valence electrons. The van der Waals surface area contributed by atoms with Gasteiger partial charge >= 0.3 is 6.09 Å². The zero-order valence-corrected chi connectivity index (χ0v) is 10.8. The van der Waals surface area contributed by atoms with Crippen molar-refractivity contribution in [2.24, 2.45) is 5.92 Å². The molecule has 0 aliphatic carbocycles. The van der Waals surface area contributed by atoms with Gasteiger partial charge in [-0.15, -0.1) is 0 Å². The van der Waals surface area contributed by atoms with Crippen molar-refractivity contribution in [1.29, 1.82) is 0 Å². The first kappa shape index (κ1) is 13.3. The molecule has 1 rings (SSSR count). The third-order valence-corrected chi connectivity index (χ3v) is 3.02. The molecular weight excluding hydrogens is 204 g/mol. The lowest BCUT2D eigenvalue weighted by Gasteiger charge is -2.38. The van der Waals surface area contributed by atoms with Gasteiger partial charge in [0.2, 0.25) is 0 Å². The number of hydrogen-bond acceptors (Lipinski definition) is 3. The molecule has 1 aliphatic heterocycles. The molecule has 1 heterocycles. The molecule has 0 aromatic carbocycles. The minimum absolute atomic E-state index is 0.227. The fraction of sp³-hybridized carbons (Fsp3) is 0.917. The number of piperidine rings is 1. The maximum atomic E-state index is 11.3. The first-order chi connectivity index (χ1) is 7.52. The first-order valence-corrected chi connectivity index (χ1v) is 6.20. The lowest BCUT2D eigenvalue weighted by atomic mass is 9.95. The number of carbonyl (C=O) groups is 1. The van der Waals surface area contributed by atoms with Gasteiger partial charge in [-0.05, 0) is 33.1 Å². The third kappa shape index (κ3) is 4.00. The maximum Gasteiger partial charge on any atom is 0.407 e. The van der Waals surface area contributed by atoms with Gasteiger partial charge in [-0.1, -0.05) is 6.92 Å². The standard InChI is InChI=1S/C12H24N2O2/c1-5-16-12(15)13-11-6-10(4)7-14(8-11)9(2)3/h9-11H,5-8H2,1-4H3,(H,13,15). The first-order valence-electron chi connectivity index (χ1n) is 6.20. The number of nitrogens with one attached hydrogen (secondary N) is 1. The van der Waals surface area contributed by atoms with E-state index in [-0.39, 0.29) is 12.1 Å². The van der Waals surface area contributed by atoms with Crippen molar-refractivity contribution in [3.63, 3.8) is 0 Å². The SMILES string of the molecule is CCOC(=O)NC1CC(C)CN(C(C)C)C1. The van der Waals surface area contributed by atoms with E-state index < -0.39 is 0 Å². The molecule has 0 radical (unpaired) electrons. The highest BCUT2D eigenvalue weighted by Crippen LogP contribution is 2.18. The summed E-state index contributed by atoms with van der Waals surface area (Å²) < 4.78 is 4.91. The van der Waals surface area contributed by atoms with Crippen molar-refractivity contribution >= 4 is 6.09 Å². The van der Waals surface area contributed by atoms with E-state index in [4.69, 9.17) is 4.74 Å². The highest BCUT2D eigenvalue weighted by Gasteiger charge is 2.27. The van der Waals surface area contributed by atoms with Crippen LogP contribution in [0.4, 0.5) is 4.79 Å². The summed E-state index contributed by atoms with van der Waals surface area (Å²) in [6.07, 6.45) is 0.757. The molecule has 0 saturated carbocycles. The smallest absolute Gasteiger partial charge is 0.407 e. The lowest BCUT2D eigenvalue weighted by molar-refractivity contribution is 0.104. The Kier molecular flexibility index (Phi) is 5.06. The van der Waals surface area contributed by atoms with Crippen LogP contribution in [0.15, 0.2) is 0 Å². The summed E-state index contributed by atoms with van der Waals surface area (Å²) in [7, 11) is 0. The summed E-state index contributed by atoms with van der Waals surface area (Å²) >= 11 is 0. The van der Waals surface area contributed by atoms with Gasteiger partial charge in [0.15, 0.2) is 0 Å². The highest BCUT2D eigenvalue weighted by atomic mass is 16.5. The largest absolute Gasteiger partial charge is 0.450 e. The summed E-state index contributed by atoms with van der Waals surface area (Å²) in [6, 6.07) is 0.763. The van der Waals surface area contributed by atoms with Gasteiger partial charge in [-0.25, -0.2) is 4.79 Å². The number of carbonyl (C=O) groups excluding carboxylic acids is 1. The molecule has 0 spiro atoms. The van der Waals surface area contributed by atoms with E-state index in [9.17, 15) is 4.79 Å². The Hall–Kier alpha value is -0.770. The second-order valence-electron chi connectivity index (χ2n) is 4.95. The van der Waals surface area contributed by atoms with Crippen LogP contribution in [0.3, 0.4) is 0 Å². The van der Waals surface area contributed by atoms with Crippen molar-refractivity contribution < 1.29 is 9.53 Å². The maximum absolute atomic E-state index is 11.3. The molecule has 2 atom stereocenters. The summed E-state index contributed by atoms with van der Waals surface area (Å²) in [5, 5.41) is 2.93. The van der Waals surface area contributed by atoms with Gasteiger partial charge < -0.3 is 10.1 Å². The molecule has 1 fully saturated rings. The molecule has 0 aromatic heterocycles. The van der Waals surface area contributed by atoms with Crippen LogP contribution in [-0.2, 0) is 4.74 Å². The average molecular weight is 228 g/mol. The number of ether oxygens (including phenoxy) is 1. The lowest BCUT2D eigenvalue weighted by Crippen LogP contribution is -2.52. The number of amides is 1. The zero-order valence-electron chi connectivity index (χ0n) is 10.8. The minimum Gasteiger partial charge on any atom is -0.450 e. The predicted octanol–water partition coefficient (Wildman–Crippen LogP) is 1.85. The Morgan fingerprint density at radius 1 is 1.50 bits per heavy atom. The normalized spacial score (nSPS) is 26.8. The number of hydrogen-bond donors (Lipinski definition) is 1. The van der Waals surface area contributed by atoms with Gasteiger partial charge in [-0.2, -0.15) is 0 Å². The summed E-state index contributed by atoms with van der Waals surface area (Å²) in [5.74, 6) is 0.628. The highest BCUT2D eigenvalue weighted by molar-refractivity contribution is 5.67. The number of nitrogens with zero attached hydrogens (tertiary/aromatic N) is 1. The fourth-order valence-corrected chi connectivity index (χ4v) is 2.26. The molecule has 4 heteroatoms. The van der Waals surface area contributed by atoms with E-state index in [0.717, 1.165) is 19.5 Å². The van der Waals surface area contributed by atoms with Crippen molar-refractivity contribution in [3.8, 4) is 0 Å². The van der Waals surface area contributed by atoms with E-state index >= 15 is 0 Å². The zero-order chi connectivity index (χ0) is 12.1. The Morgan fingerprint density at radius 3 is 2.75 bits per heavy atom. The Labute approximate surface area is 98.3 Å². The molecular formula is C12H24N2O2. The summed E-state index contributed by atoms with van der Waals surface area (Å²) in [5.41, 5.74) is 0. The van der Waals surface area contributed by atoms with Gasteiger partial charge in [0, 0.05) is 25.2 Å². The van der Waals surface area contributed by atoms with Crippen LogP contribution >= 0.6 is 0 Å². The average Bonchev–Trinajstić information content (AvgIpc) is 2.16. The van der Waals surface area contributed by atoms with Gasteiger partial charge in [-0.3, -0.25) is 4.90 Å². The van der Waals surface area contributed by atoms with E-state index in [1.165, 1.54) is 0 Å². The van der Waals surface area contributed by atoms with Crippen LogP contribution in [0, 0.1) is 5.92 Å². The summed E-state index contributed by atoms with van der Waals surface area (Å²) in [4.78, 5) is 13.8. The monoisotopic (exact) mass is 228 g/mol. The molecule has 1 aliphatic rings. The minimum atomic E-state index is -0.287. The molecule has 2 unspecified atom stereocenters. The Bertz CT molecular complexity index is 231. The number of rotatable bonds is 3. The fourth-order valence-electron chi connectivity index (χ4n) is 2.26.